The van der Waals surface area contributed by atoms with Crippen LogP contribution in [-0.4, -0.2) is 40.6 Å². The molecule has 0 saturated carbocycles. The Morgan fingerprint density at radius 1 is 1.38 bits per heavy atom. The molecule has 1 N–H and O–H groups in total. The summed E-state index contributed by atoms with van der Waals surface area (Å²) in [6.07, 6.45) is 1.06. The maximum atomic E-state index is 13.5. The van der Waals surface area contributed by atoms with Gasteiger partial charge in [0.1, 0.15) is 6.04 Å². The molecule has 6 heteroatoms. The van der Waals surface area contributed by atoms with E-state index in [1.165, 1.54) is 30.0 Å². The van der Waals surface area contributed by atoms with E-state index in [2.05, 4.69) is 0 Å². The van der Waals surface area contributed by atoms with Gasteiger partial charge in [0.05, 0.1) is 0 Å². The summed E-state index contributed by atoms with van der Waals surface area (Å²) in [5.74, 6) is -2.00. The van der Waals surface area contributed by atoms with Crippen molar-refractivity contribution in [3.63, 3.8) is 0 Å². The average molecular weight is 295 g/mol. The third-order valence-corrected chi connectivity index (χ3v) is 3.56. The molecule has 2 rings (SSSR count). The summed E-state index contributed by atoms with van der Waals surface area (Å²) in [5, 5.41) is 9.18. The van der Waals surface area contributed by atoms with Crippen LogP contribution >= 0.6 is 0 Å². The maximum absolute atomic E-state index is 13.5. The second kappa shape index (κ2) is 6.56. The number of carbonyl (C=O) groups excluding carboxylic acids is 1. The lowest BCUT2D eigenvalue weighted by Crippen LogP contribution is -2.52. The molecule has 114 valence electrons. The molecular formula is C15H18FNO4. The fourth-order valence-electron chi connectivity index (χ4n) is 2.47. The normalized spacial score (nSPS) is 19.9. The molecule has 1 aliphatic heterocycles. The molecule has 1 fully saturated rings. The standard InChI is InChI=1S/C15H18FNO4/c1-10(21-13-8-3-2-6-11(13)16)14(18)17-9-5-4-7-12(17)15(19)20/h2-3,6,8,10,12H,4-5,7,9H2,1H3,(H,19,20)/t10?,12-/m1/s1. The van der Waals surface area contributed by atoms with Crippen LogP contribution in [0.15, 0.2) is 24.3 Å². The van der Waals surface area contributed by atoms with Gasteiger partial charge in [-0.3, -0.25) is 4.79 Å². The van der Waals surface area contributed by atoms with Gasteiger partial charge < -0.3 is 14.7 Å². The number of nitrogens with zero attached hydrogens (tertiary/aromatic N) is 1. The van der Waals surface area contributed by atoms with Gasteiger partial charge >= 0.3 is 5.97 Å². The maximum Gasteiger partial charge on any atom is 0.326 e. The van der Waals surface area contributed by atoms with Crippen molar-refractivity contribution in [2.24, 2.45) is 0 Å². The number of para-hydroxylation sites is 1. The van der Waals surface area contributed by atoms with Gasteiger partial charge in [-0.25, -0.2) is 9.18 Å². The SMILES string of the molecule is CC(Oc1ccccc1F)C(=O)N1CCCC[C@@H]1C(=O)O. The molecule has 2 atom stereocenters. The molecule has 0 bridgehead atoms. The summed E-state index contributed by atoms with van der Waals surface area (Å²) in [7, 11) is 0. The Kier molecular flexibility index (Phi) is 4.77. The van der Waals surface area contributed by atoms with Gasteiger partial charge in [0.25, 0.3) is 5.91 Å². The fraction of sp³-hybridized carbons (Fsp3) is 0.467. The summed E-state index contributed by atoms with van der Waals surface area (Å²) in [5.41, 5.74) is 0. The number of ether oxygens (including phenoxy) is 1. The molecule has 1 aromatic carbocycles. The summed E-state index contributed by atoms with van der Waals surface area (Å²) < 4.78 is 18.8. The van der Waals surface area contributed by atoms with E-state index < -0.39 is 29.8 Å². The number of carboxylic acids is 1. The fourth-order valence-corrected chi connectivity index (χ4v) is 2.47. The zero-order valence-electron chi connectivity index (χ0n) is 11.8. The second-order valence-corrected chi connectivity index (χ2v) is 5.07. The monoisotopic (exact) mass is 295 g/mol. The van der Waals surface area contributed by atoms with E-state index in [1.807, 2.05) is 0 Å². The third kappa shape index (κ3) is 3.51. The first-order valence-corrected chi connectivity index (χ1v) is 6.95. The van der Waals surface area contributed by atoms with E-state index in [0.717, 1.165) is 12.8 Å². The summed E-state index contributed by atoms with van der Waals surface area (Å²) in [6.45, 7) is 1.89. The number of rotatable bonds is 4. The van der Waals surface area contributed by atoms with Gasteiger partial charge in [-0.1, -0.05) is 12.1 Å². The van der Waals surface area contributed by atoms with Crippen molar-refractivity contribution in [3.05, 3.63) is 30.1 Å². The lowest BCUT2D eigenvalue weighted by molar-refractivity contribution is -0.155. The highest BCUT2D eigenvalue weighted by Gasteiger charge is 2.34. The molecule has 0 spiro atoms. The van der Waals surface area contributed by atoms with Crippen LogP contribution in [0, 0.1) is 5.82 Å². The Morgan fingerprint density at radius 2 is 2.10 bits per heavy atom. The molecule has 5 nitrogen and oxygen atoms in total. The Balaban J connectivity index is 2.07. The Hall–Kier alpha value is -2.11. The minimum Gasteiger partial charge on any atom is -0.480 e. The van der Waals surface area contributed by atoms with Crippen LogP contribution < -0.4 is 4.74 Å². The van der Waals surface area contributed by atoms with Gasteiger partial charge in [-0.2, -0.15) is 0 Å². The first kappa shape index (κ1) is 15.3. The van der Waals surface area contributed by atoms with Gasteiger partial charge in [-0.15, -0.1) is 0 Å². The molecule has 1 aromatic rings. The molecule has 1 amide bonds. The lowest BCUT2D eigenvalue weighted by Gasteiger charge is -2.34. The smallest absolute Gasteiger partial charge is 0.326 e. The van der Waals surface area contributed by atoms with Crippen LogP contribution in [0.3, 0.4) is 0 Å². The number of hydrogen-bond acceptors (Lipinski definition) is 3. The van der Waals surface area contributed by atoms with Crippen LogP contribution in [0.2, 0.25) is 0 Å². The summed E-state index contributed by atoms with van der Waals surface area (Å²) in [4.78, 5) is 24.9. The van der Waals surface area contributed by atoms with E-state index in [4.69, 9.17) is 4.74 Å². The second-order valence-electron chi connectivity index (χ2n) is 5.07. The summed E-state index contributed by atoms with van der Waals surface area (Å²) in [6, 6.07) is 4.99. The van der Waals surface area contributed by atoms with Gasteiger partial charge in [0.2, 0.25) is 0 Å². The number of benzene rings is 1. The molecule has 0 aliphatic carbocycles. The first-order valence-electron chi connectivity index (χ1n) is 6.95. The van der Waals surface area contributed by atoms with E-state index in [1.54, 1.807) is 6.07 Å². The highest BCUT2D eigenvalue weighted by atomic mass is 19.1. The van der Waals surface area contributed by atoms with Gasteiger partial charge in [-0.05, 0) is 38.3 Å². The van der Waals surface area contributed by atoms with E-state index in [9.17, 15) is 19.1 Å². The zero-order valence-corrected chi connectivity index (χ0v) is 11.8. The first-order chi connectivity index (χ1) is 10.0. The largest absolute Gasteiger partial charge is 0.480 e. The molecule has 0 radical (unpaired) electrons. The number of aliphatic carboxylic acids is 1. The van der Waals surface area contributed by atoms with Gasteiger partial charge in [0, 0.05) is 6.54 Å². The van der Waals surface area contributed by atoms with Crippen molar-refractivity contribution in [3.8, 4) is 5.75 Å². The topological polar surface area (TPSA) is 66.8 Å². The Morgan fingerprint density at radius 3 is 2.76 bits per heavy atom. The number of amides is 1. The molecular weight excluding hydrogens is 277 g/mol. The van der Waals surface area contributed by atoms with E-state index in [-0.39, 0.29) is 5.75 Å². The van der Waals surface area contributed by atoms with Crippen molar-refractivity contribution >= 4 is 11.9 Å². The van der Waals surface area contributed by atoms with E-state index >= 15 is 0 Å². The summed E-state index contributed by atoms with van der Waals surface area (Å²) >= 11 is 0. The minimum atomic E-state index is -1.01. The number of piperidine rings is 1. The number of carbonyl (C=O) groups is 2. The van der Waals surface area contributed by atoms with Crippen LogP contribution in [0.4, 0.5) is 4.39 Å². The zero-order chi connectivity index (χ0) is 15.4. The van der Waals surface area contributed by atoms with Crippen LogP contribution in [-0.2, 0) is 9.59 Å². The minimum absolute atomic E-state index is 0.0118. The Bertz CT molecular complexity index is 534. The van der Waals surface area contributed by atoms with Crippen molar-refractivity contribution in [2.45, 2.75) is 38.3 Å². The number of hydrogen-bond donors (Lipinski definition) is 1. The number of halogens is 1. The van der Waals surface area contributed by atoms with Crippen LogP contribution in [0.1, 0.15) is 26.2 Å². The molecule has 0 aromatic heterocycles. The number of likely N-dealkylation sites (tertiary alicyclic amines) is 1. The van der Waals surface area contributed by atoms with Gasteiger partial charge in [0.15, 0.2) is 17.7 Å². The molecule has 21 heavy (non-hydrogen) atoms. The predicted octanol–water partition coefficient (Wildman–Crippen LogP) is 2.06. The lowest BCUT2D eigenvalue weighted by atomic mass is 10.0. The highest BCUT2D eigenvalue weighted by molar-refractivity contribution is 5.86. The molecule has 1 heterocycles. The third-order valence-electron chi connectivity index (χ3n) is 3.56. The molecule has 1 aliphatic rings. The number of carboxylic acid groups (broad SMARTS) is 1. The molecule has 1 unspecified atom stereocenters. The quantitative estimate of drug-likeness (QED) is 0.923. The van der Waals surface area contributed by atoms with Crippen molar-refractivity contribution < 1.29 is 23.8 Å². The Labute approximate surface area is 122 Å². The van der Waals surface area contributed by atoms with Crippen molar-refractivity contribution in [2.75, 3.05) is 6.54 Å². The van der Waals surface area contributed by atoms with E-state index in [0.29, 0.717) is 13.0 Å². The van der Waals surface area contributed by atoms with Crippen molar-refractivity contribution in [1.82, 2.24) is 4.90 Å². The van der Waals surface area contributed by atoms with Crippen LogP contribution in [0.25, 0.3) is 0 Å². The average Bonchev–Trinajstić information content (AvgIpc) is 2.48. The highest BCUT2D eigenvalue weighted by Crippen LogP contribution is 2.21. The van der Waals surface area contributed by atoms with Crippen LogP contribution in [0.5, 0.6) is 5.75 Å². The van der Waals surface area contributed by atoms with Crippen molar-refractivity contribution in [1.29, 1.82) is 0 Å². The molecule has 1 saturated heterocycles. The predicted molar refractivity (Wildman–Crippen MR) is 73.5 cm³/mol.